The number of benzene rings is 2. The first-order chi connectivity index (χ1) is 17.7. The largest absolute Gasteiger partial charge is 0.452 e. The van der Waals surface area contributed by atoms with Crippen LogP contribution in [0.25, 0.3) is 22.6 Å². The number of nitrogens with one attached hydrogen (secondary N) is 1. The Hall–Kier alpha value is -2.94. The Morgan fingerprint density at radius 3 is 2.68 bits per heavy atom. The van der Waals surface area contributed by atoms with Gasteiger partial charge in [0.25, 0.3) is 5.91 Å². The van der Waals surface area contributed by atoms with Crippen molar-refractivity contribution in [2.75, 3.05) is 18.1 Å². The van der Waals surface area contributed by atoms with E-state index in [1.807, 2.05) is 36.4 Å². The molecule has 1 amide bonds. The van der Waals surface area contributed by atoms with Crippen molar-refractivity contribution < 1.29 is 22.7 Å². The summed E-state index contributed by atoms with van der Waals surface area (Å²) in [5.41, 5.74) is 4.40. The number of halogens is 2. The molecule has 7 nitrogen and oxygen atoms in total. The zero-order valence-corrected chi connectivity index (χ0v) is 22.1. The number of carbonyl (C=O) groups is 2. The number of pyridine rings is 1. The second-order valence-corrected chi connectivity index (χ2v) is 12.3. The molecule has 1 fully saturated rings. The Bertz CT molecular complexity index is 1550. The van der Waals surface area contributed by atoms with E-state index in [1.165, 1.54) is 0 Å². The average Bonchev–Trinajstić information content (AvgIpc) is 3.21. The number of sulfone groups is 1. The molecule has 2 heterocycles. The van der Waals surface area contributed by atoms with E-state index >= 15 is 0 Å². The molecule has 1 aliphatic heterocycles. The first kappa shape index (κ1) is 25.7. The van der Waals surface area contributed by atoms with Crippen LogP contribution in [0.15, 0.2) is 42.5 Å². The molecule has 192 valence electrons. The molecule has 2 aliphatic rings. The fourth-order valence-electron chi connectivity index (χ4n) is 4.89. The van der Waals surface area contributed by atoms with Crippen molar-refractivity contribution in [3.8, 4) is 0 Å². The van der Waals surface area contributed by atoms with E-state index in [4.69, 9.17) is 32.9 Å². The molecule has 3 aromatic rings. The quantitative estimate of drug-likeness (QED) is 0.448. The SMILES string of the molecule is O=C(COC(=O)c1c2c(nc3ccccc13)C(=Cc1ccc(Cl)c(Cl)c1)CCC2)NC1CCS(=O)(=O)C1. The van der Waals surface area contributed by atoms with Crippen LogP contribution in [0.3, 0.4) is 0 Å². The van der Waals surface area contributed by atoms with Gasteiger partial charge in [-0.25, -0.2) is 18.2 Å². The van der Waals surface area contributed by atoms with Crippen LogP contribution in [0, 0.1) is 0 Å². The van der Waals surface area contributed by atoms with Crippen molar-refractivity contribution in [3.63, 3.8) is 0 Å². The van der Waals surface area contributed by atoms with Crippen LogP contribution < -0.4 is 5.32 Å². The Morgan fingerprint density at radius 2 is 1.92 bits per heavy atom. The van der Waals surface area contributed by atoms with Gasteiger partial charge in [-0.3, -0.25) is 4.79 Å². The predicted molar refractivity (Wildman–Crippen MR) is 144 cm³/mol. The number of esters is 1. The molecule has 1 saturated heterocycles. The lowest BCUT2D eigenvalue weighted by atomic mass is 9.86. The minimum Gasteiger partial charge on any atom is -0.452 e. The van der Waals surface area contributed by atoms with E-state index in [-0.39, 0.29) is 11.5 Å². The lowest BCUT2D eigenvalue weighted by Crippen LogP contribution is -2.38. The highest BCUT2D eigenvalue weighted by Crippen LogP contribution is 2.37. The summed E-state index contributed by atoms with van der Waals surface area (Å²) in [5.74, 6) is -1.18. The minimum absolute atomic E-state index is 0.0466. The summed E-state index contributed by atoms with van der Waals surface area (Å²) in [4.78, 5) is 30.6. The van der Waals surface area contributed by atoms with Gasteiger partial charge < -0.3 is 10.1 Å². The summed E-state index contributed by atoms with van der Waals surface area (Å²) < 4.78 is 28.7. The van der Waals surface area contributed by atoms with Crippen molar-refractivity contribution in [2.45, 2.75) is 31.7 Å². The number of aromatic nitrogens is 1. The van der Waals surface area contributed by atoms with E-state index in [2.05, 4.69) is 5.32 Å². The zero-order chi connectivity index (χ0) is 26.2. The van der Waals surface area contributed by atoms with Crippen molar-refractivity contribution in [2.24, 2.45) is 0 Å². The normalized spacial score (nSPS) is 19.5. The van der Waals surface area contributed by atoms with Gasteiger partial charge in [-0.1, -0.05) is 47.5 Å². The highest BCUT2D eigenvalue weighted by Gasteiger charge is 2.30. The Labute approximate surface area is 224 Å². The maximum absolute atomic E-state index is 13.3. The van der Waals surface area contributed by atoms with E-state index in [0.29, 0.717) is 39.4 Å². The van der Waals surface area contributed by atoms with Gasteiger partial charge in [0, 0.05) is 11.4 Å². The summed E-state index contributed by atoms with van der Waals surface area (Å²) in [6, 6.07) is 12.3. The second kappa shape index (κ2) is 10.4. The minimum atomic E-state index is -3.13. The molecule has 1 N–H and O–H groups in total. The number of allylic oxidation sites excluding steroid dienone is 1. The third-order valence-corrected chi connectivity index (χ3v) is 9.10. The molecule has 0 saturated carbocycles. The van der Waals surface area contributed by atoms with Crippen molar-refractivity contribution >= 4 is 67.5 Å². The maximum atomic E-state index is 13.3. The summed E-state index contributed by atoms with van der Waals surface area (Å²) >= 11 is 12.3. The van der Waals surface area contributed by atoms with Crippen LogP contribution in [-0.4, -0.2) is 49.4 Å². The number of hydrogen-bond acceptors (Lipinski definition) is 6. The Kier molecular flexibility index (Phi) is 7.25. The number of rotatable bonds is 5. The van der Waals surface area contributed by atoms with Crippen LogP contribution in [0.2, 0.25) is 10.0 Å². The lowest BCUT2D eigenvalue weighted by molar-refractivity contribution is -0.124. The summed E-state index contributed by atoms with van der Waals surface area (Å²) in [5, 5.41) is 4.23. The first-order valence-corrected chi connectivity index (χ1v) is 14.5. The third-order valence-electron chi connectivity index (χ3n) is 6.59. The highest BCUT2D eigenvalue weighted by atomic mass is 35.5. The fourth-order valence-corrected chi connectivity index (χ4v) is 6.87. The van der Waals surface area contributed by atoms with Gasteiger partial charge in [-0.05, 0) is 66.7 Å². The van der Waals surface area contributed by atoms with Crippen LogP contribution in [0.1, 0.15) is 46.4 Å². The molecule has 1 aliphatic carbocycles. The number of hydrogen-bond donors (Lipinski definition) is 1. The molecule has 0 radical (unpaired) electrons. The number of carbonyl (C=O) groups excluding carboxylic acids is 2. The first-order valence-electron chi connectivity index (χ1n) is 11.9. The number of nitrogens with zero attached hydrogens (tertiary/aromatic N) is 1. The molecule has 1 aromatic heterocycles. The molecular weight excluding hydrogens is 535 g/mol. The number of fused-ring (bicyclic) bond motifs is 2. The fraction of sp³-hybridized carbons (Fsp3) is 0.296. The van der Waals surface area contributed by atoms with Crippen LogP contribution >= 0.6 is 23.2 Å². The summed E-state index contributed by atoms with van der Waals surface area (Å²) in [6.45, 7) is -0.493. The molecule has 10 heteroatoms. The third kappa shape index (κ3) is 5.66. The summed E-state index contributed by atoms with van der Waals surface area (Å²) in [7, 11) is -3.13. The standard InChI is InChI=1S/C27H24Cl2N2O5S/c28-21-9-8-16(13-22(21)29)12-17-4-3-6-20-25(19-5-1-2-7-23(19)31-26(17)20)27(33)36-14-24(32)30-18-10-11-37(34,35)15-18/h1-2,5,7-9,12-13,18H,3-4,6,10-11,14-15H2,(H,30,32). The molecule has 2 aromatic carbocycles. The van der Waals surface area contributed by atoms with Gasteiger partial charge in [0.05, 0.1) is 38.3 Å². The average molecular weight is 559 g/mol. The Balaban J connectivity index is 1.44. The molecule has 0 spiro atoms. The van der Waals surface area contributed by atoms with Crippen molar-refractivity contribution in [1.82, 2.24) is 10.3 Å². The van der Waals surface area contributed by atoms with Crippen LogP contribution in [0.5, 0.6) is 0 Å². The van der Waals surface area contributed by atoms with Gasteiger partial charge in [-0.2, -0.15) is 0 Å². The predicted octanol–water partition coefficient (Wildman–Crippen LogP) is 4.88. The summed E-state index contributed by atoms with van der Waals surface area (Å²) in [6.07, 6.45) is 4.60. The maximum Gasteiger partial charge on any atom is 0.339 e. The number of para-hydroxylation sites is 1. The zero-order valence-electron chi connectivity index (χ0n) is 19.8. The lowest BCUT2D eigenvalue weighted by Gasteiger charge is -2.22. The van der Waals surface area contributed by atoms with Gasteiger partial charge in [-0.15, -0.1) is 0 Å². The van der Waals surface area contributed by atoms with Gasteiger partial charge in [0.2, 0.25) is 0 Å². The molecule has 37 heavy (non-hydrogen) atoms. The smallest absolute Gasteiger partial charge is 0.339 e. The molecule has 5 rings (SSSR count). The van der Waals surface area contributed by atoms with Gasteiger partial charge in [0.1, 0.15) is 0 Å². The van der Waals surface area contributed by atoms with Gasteiger partial charge in [0.15, 0.2) is 16.4 Å². The van der Waals surface area contributed by atoms with E-state index in [1.54, 1.807) is 12.1 Å². The van der Waals surface area contributed by atoms with Crippen molar-refractivity contribution in [3.05, 3.63) is 74.9 Å². The van der Waals surface area contributed by atoms with E-state index in [0.717, 1.165) is 35.2 Å². The number of amides is 1. The molecule has 1 unspecified atom stereocenters. The van der Waals surface area contributed by atoms with Crippen LogP contribution in [0.4, 0.5) is 0 Å². The van der Waals surface area contributed by atoms with E-state index in [9.17, 15) is 18.0 Å². The topological polar surface area (TPSA) is 102 Å². The highest BCUT2D eigenvalue weighted by molar-refractivity contribution is 7.91. The Morgan fingerprint density at radius 1 is 1.11 bits per heavy atom. The van der Waals surface area contributed by atoms with E-state index < -0.39 is 34.4 Å². The molecular formula is C27H24Cl2N2O5S. The molecule has 0 bridgehead atoms. The number of ether oxygens (including phenoxy) is 1. The van der Waals surface area contributed by atoms with Crippen LogP contribution in [-0.2, 0) is 25.8 Å². The second-order valence-electron chi connectivity index (χ2n) is 9.27. The monoisotopic (exact) mass is 558 g/mol. The molecule has 1 atom stereocenters. The van der Waals surface area contributed by atoms with Crippen molar-refractivity contribution in [1.29, 1.82) is 0 Å². The van der Waals surface area contributed by atoms with Gasteiger partial charge >= 0.3 is 5.97 Å².